The highest BCUT2D eigenvalue weighted by Gasteiger charge is 1.97. The van der Waals surface area contributed by atoms with Gasteiger partial charge in [0.15, 0.2) is 0 Å². The molecule has 0 bridgehead atoms. The van der Waals surface area contributed by atoms with Crippen molar-refractivity contribution >= 4 is 15.9 Å². The first-order valence-electron chi connectivity index (χ1n) is 4.03. The molecular weight excluding hydrogens is 228 g/mol. The number of aryl methyl sites for hydroxylation is 1. The fourth-order valence-corrected chi connectivity index (χ4v) is 1.50. The van der Waals surface area contributed by atoms with Gasteiger partial charge in [0, 0.05) is 6.20 Å². The first-order valence-corrected chi connectivity index (χ1v) is 4.82. The molecular formula is C10H9BrN2. The molecule has 0 fully saturated rings. The van der Waals surface area contributed by atoms with Gasteiger partial charge in [-0.05, 0) is 40.5 Å². The summed E-state index contributed by atoms with van der Waals surface area (Å²) < 4.78 is 2.84. The molecule has 2 nitrogen and oxygen atoms in total. The summed E-state index contributed by atoms with van der Waals surface area (Å²) in [5.41, 5.74) is 2.33. The van der Waals surface area contributed by atoms with Crippen molar-refractivity contribution in [2.45, 2.75) is 6.92 Å². The van der Waals surface area contributed by atoms with E-state index in [0.29, 0.717) is 0 Å². The predicted octanol–water partition coefficient (Wildman–Crippen LogP) is 2.94. The summed E-state index contributed by atoms with van der Waals surface area (Å²) >= 11 is 3.36. The molecule has 2 rings (SSSR count). The van der Waals surface area contributed by atoms with E-state index in [1.807, 2.05) is 23.0 Å². The summed E-state index contributed by atoms with van der Waals surface area (Å²) in [5, 5.41) is 4.20. The smallest absolute Gasteiger partial charge is 0.0648 e. The number of halogens is 1. The molecule has 13 heavy (non-hydrogen) atoms. The number of rotatable bonds is 1. The van der Waals surface area contributed by atoms with E-state index in [-0.39, 0.29) is 0 Å². The third-order valence-corrected chi connectivity index (χ3v) is 2.23. The van der Waals surface area contributed by atoms with Crippen molar-refractivity contribution in [1.29, 1.82) is 0 Å². The molecule has 0 saturated carbocycles. The molecule has 0 spiro atoms. The van der Waals surface area contributed by atoms with Crippen LogP contribution in [0.5, 0.6) is 0 Å². The normalized spacial score (nSPS) is 10.3. The third-order valence-electron chi connectivity index (χ3n) is 1.82. The Morgan fingerprint density at radius 3 is 2.85 bits per heavy atom. The highest BCUT2D eigenvalue weighted by Crippen LogP contribution is 2.13. The topological polar surface area (TPSA) is 17.8 Å². The average Bonchev–Trinajstić information content (AvgIpc) is 2.52. The minimum absolute atomic E-state index is 0.994. The van der Waals surface area contributed by atoms with E-state index in [9.17, 15) is 0 Å². The van der Waals surface area contributed by atoms with Crippen molar-refractivity contribution in [3.63, 3.8) is 0 Å². The quantitative estimate of drug-likeness (QED) is 0.745. The van der Waals surface area contributed by atoms with Crippen LogP contribution in [0.2, 0.25) is 0 Å². The molecule has 1 aromatic heterocycles. The van der Waals surface area contributed by atoms with Crippen LogP contribution in [0.3, 0.4) is 0 Å². The van der Waals surface area contributed by atoms with E-state index in [4.69, 9.17) is 0 Å². The highest BCUT2D eigenvalue weighted by atomic mass is 79.9. The monoisotopic (exact) mass is 236 g/mol. The van der Waals surface area contributed by atoms with E-state index in [2.05, 4.69) is 40.1 Å². The zero-order valence-electron chi connectivity index (χ0n) is 7.24. The lowest BCUT2D eigenvalue weighted by Gasteiger charge is -2.00. The molecule has 2 aromatic rings. The van der Waals surface area contributed by atoms with Crippen molar-refractivity contribution in [2.75, 3.05) is 0 Å². The lowest BCUT2D eigenvalue weighted by molar-refractivity contribution is 0.879. The molecule has 0 unspecified atom stereocenters. The Morgan fingerprint density at radius 1 is 1.38 bits per heavy atom. The molecule has 0 aliphatic heterocycles. The first-order chi connectivity index (χ1) is 6.25. The van der Waals surface area contributed by atoms with Crippen LogP contribution >= 0.6 is 15.9 Å². The zero-order chi connectivity index (χ0) is 9.26. The summed E-state index contributed by atoms with van der Waals surface area (Å²) in [6.07, 6.45) is 3.72. The standard InChI is InChI=1S/C10H9BrN2/c1-8-3-2-4-10(5-8)13-7-9(11)6-12-13/h2-7H,1H3. The van der Waals surface area contributed by atoms with Crippen LogP contribution < -0.4 is 0 Å². The fourth-order valence-electron chi connectivity index (χ4n) is 1.21. The molecule has 0 radical (unpaired) electrons. The largest absolute Gasteiger partial charge is 0.240 e. The first kappa shape index (κ1) is 8.51. The van der Waals surface area contributed by atoms with Crippen molar-refractivity contribution in [3.05, 3.63) is 46.7 Å². The minimum Gasteiger partial charge on any atom is -0.240 e. The summed E-state index contributed by atoms with van der Waals surface area (Å²) in [6.45, 7) is 2.07. The molecule has 0 amide bonds. The van der Waals surface area contributed by atoms with Gasteiger partial charge >= 0.3 is 0 Å². The molecule has 1 aromatic carbocycles. The molecule has 0 aliphatic rings. The van der Waals surface area contributed by atoms with Crippen LogP contribution in [0.1, 0.15) is 5.56 Å². The highest BCUT2D eigenvalue weighted by molar-refractivity contribution is 9.10. The summed E-state index contributed by atoms with van der Waals surface area (Å²) in [5.74, 6) is 0. The fraction of sp³-hybridized carbons (Fsp3) is 0.100. The van der Waals surface area contributed by atoms with Gasteiger partial charge in [0.25, 0.3) is 0 Å². The Morgan fingerprint density at radius 2 is 2.23 bits per heavy atom. The van der Waals surface area contributed by atoms with E-state index in [1.54, 1.807) is 6.20 Å². The van der Waals surface area contributed by atoms with Gasteiger partial charge in [0.1, 0.15) is 0 Å². The number of nitrogens with zero attached hydrogens (tertiary/aromatic N) is 2. The summed E-state index contributed by atoms with van der Waals surface area (Å²) in [4.78, 5) is 0. The Bertz CT molecular complexity index is 420. The van der Waals surface area contributed by atoms with Crippen molar-refractivity contribution in [3.8, 4) is 5.69 Å². The van der Waals surface area contributed by atoms with Gasteiger partial charge in [-0.25, -0.2) is 4.68 Å². The minimum atomic E-state index is 0.994. The Labute approximate surface area is 85.3 Å². The second kappa shape index (κ2) is 3.34. The van der Waals surface area contributed by atoms with Gasteiger partial charge < -0.3 is 0 Å². The van der Waals surface area contributed by atoms with Gasteiger partial charge in [0.05, 0.1) is 16.4 Å². The van der Waals surface area contributed by atoms with Crippen molar-refractivity contribution in [1.82, 2.24) is 9.78 Å². The maximum absolute atomic E-state index is 4.20. The van der Waals surface area contributed by atoms with E-state index >= 15 is 0 Å². The van der Waals surface area contributed by atoms with Crippen LogP contribution in [0, 0.1) is 6.92 Å². The number of aromatic nitrogens is 2. The summed E-state index contributed by atoms with van der Waals surface area (Å²) in [7, 11) is 0. The molecule has 1 heterocycles. The number of hydrogen-bond donors (Lipinski definition) is 0. The van der Waals surface area contributed by atoms with Gasteiger partial charge in [-0.1, -0.05) is 12.1 Å². The molecule has 0 N–H and O–H groups in total. The van der Waals surface area contributed by atoms with E-state index in [0.717, 1.165) is 10.2 Å². The molecule has 66 valence electrons. The van der Waals surface area contributed by atoms with Gasteiger partial charge in [-0.3, -0.25) is 0 Å². The Kier molecular flexibility index (Phi) is 2.19. The second-order valence-electron chi connectivity index (χ2n) is 2.94. The van der Waals surface area contributed by atoms with Crippen molar-refractivity contribution in [2.24, 2.45) is 0 Å². The second-order valence-corrected chi connectivity index (χ2v) is 3.86. The third kappa shape index (κ3) is 1.80. The SMILES string of the molecule is Cc1cccc(-n2cc(Br)cn2)c1. The lowest BCUT2D eigenvalue weighted by Crippen LogP contribution is -1.93. The van der Waals surface area contributed by atoms with Gasteiger partial charge in [-0.15, -0.1) is 0 Å². The molecule has 0 atom stereocenters. The maximum Gasteiger partial charge on any atom is 0.0648 e. The van der Waals surface area contributed by atoms with Gasteiger partial charge in [0.2, 0.25) is 0 Å². The molecule has 0 aliphatic carbocycles. The summed E-state index contributed by atoms with van der Waals surface area (Å²) in [6, 6.07) is 8.23. The Balaban J connectivity index is 2.46. The maximum atomic E-state index is 4.20. The van der Waals surface area contributed by atoms with E-state index in [1.165, 1.54) is 5.56 Å². The average molecular weight is 237 g/mol. The van der Waals surface area contributed by atoms with Crippen LogP contribution in [-0.4, -0.2) is 9.78 Å². The van der Waals surface area contributed by atoms with Crippen molar-refractivity contribution < 1.29 is 0 Å². The van der Waals surface area contributed by atoms with E-state index < -0.39 is 0 Å². The zero-order valence-corrected chi connectivity index (χ0v) is 8.82. The molecule has 3 heteroatoms. The van der Waals surface area contributed by atoms with Crippen LogP contribution in [0.4, 0.5) is 0 Å². The van der Waals surface area contributed by atoms with Crippen LogP contribution in [-0.2, 0) is 0 Å². The van der Waals surface area contributed by atoms with Crippen LogP contribution in [0.15, 0.2) is 41.1 Å². The van der Waals surface area contributed by atoms with Gasteiger partial charge in [-0.2, -0.15) is 5.10 Å². The molecule has 0 saturated heterocycles. The Hall–Kier alpha value is -1.09. The lowest BCUT2D eigenvalue weighted by atomic mass is 10.2. The van der Waals surface area contributed by atoms with Crippen LogP contribution in [0.25, 0.3) is 5.69 Å². The number of hydrogen-bond acceptors (Lipinski definition) is 1. The number of benzene rings is 1. The predicted molar refractivity (Wildman–Crippen MR) is 56.0 cm³/mol.